The Morgan fingerprint density at radius 1 is 0.818 bits per heavy atom. The molecular formula is C10H18O. The summed E-state index contributed by atoms with van der Waals surface area (Å²) >= 11 is 0. The molecule has 1 N–H and O–H groups in total. The van der Waals surface area contributed by atoms with Crippen molar-refractivity contribution in [2.75, 3.05) is 0 Å². The molecule has 1 heteroatoms. The van der Waals surface area contributed by atoms with Crippen molar-refractivity contribution >= 4 is 0 Å². The van der Waals surface area contributed by atoms with E-state index in [4.69, 9.17) is 0 Å². The van der Waals surface area contributed by atoms with Crippen molar-refractivity contribution in [2.24, 2.45) is 11.8 Å². The van der Waals surface area contributed by atoms with Crippen LogP contribution in [0.3, 0.4) is 0 Å². The molecule has 0 amide bonds. The average molecular weight is 154 g/mol. The summed E-state index contributed by atoms with van der Waals surface area (Å²) < 4.78 is 0. The highest BCUT2D eigenvalue weighted by Gasteiger charge is 2.30. The van der Waals surface area contributed by atoms with E-state index in [1.165, 1.54) is 32.1 Å². The van der Waals surface area contributed by atoms with E-state index in [1.807, 2.05) is 0 Å². The molecule has 0 heterocycles. The van der Waals surface area contributed by atoms with Crippen LogP contribution >= 0.6 is 0 Å². The Kier molecular flexibility index (Phi) is 2.17. The minimum Gasteiger partial charge on any atom is -0.393 e. The molecular weight excluding hydrogens is 136 g/mol. The fraction of sp³-hybridized carbons (Fsp3) is 1.00. The van der Waals surface area contributed by atoms with Crippen molar-refractivity contribution in [3.05, 3.63) is 0 Å². The summed E-state index contributed by atoms with van der Waals surface area (Å²) in [4.78, 5) is 0. The van der Waals surface area contributed by atoms with Gasteiger partial charge in [-0.2, -0.15) is 0 Å². The van der Waals surface area contributed by atoms with Gasteiger partial charge in [0.2, 0.25) is 0 Å². The molecule has 0 saturated heterocycles. The van der Waals surface area contributed by atoms with Gasteiger partial charge in [-0.05, 0) is 31.1 Å². The van der Waals surface area contributed by atoms with Gasteiger partial charge >= 0.3 is 0 Å². The molecule has 0 bridgehead atoms. The lowest BCUT2D eigenvalue weighted by Crippen LogP contribution is -2.29. The summed E-state index contributed by atoms with van der Waals surface area (Å²) in [6.45, 7) is 0. The van der Waals surface area contributed by atoms with Gasteiger partial charge in [0, 0.05) is 0 Å². The molecule has 1 unspecified atom stereocenters. The first-order valence-corrected chi connectivity index (χ1v) is 5.04. The Hall–Kier alpha value is -0.0400. The smallest absolute Gasteiger partial charge is 0.0543 e. The standard InChI is InChI=1S/C10H18O/c11-10-6-5-8-3-1-2-4-9(8)7-10/h8-11H,1-7H2/t8-,9-,10?/m1/s1. The molecule has 0 radical (unpaired) electrons. The predicted molar refractivity (Wildman–Crippen MR) is 45.3 cm³/mol. The quantitative estimate of drug-likeness (QED) is 0.568. The fourth-order valence-corrected chi connectivity index (χ4v) is 2.85. The molecule has 2 rings (SSSR count). The van der Waals surface area contributed by atoms with Gasteiger partial charge in [0.05, 0.1) is 6.10 Å². The third-order valence-corrected chi connectivity index (χ3v) is 3.51. The Bertz CT molecular complexity index is 133. The minimum atomic E-state index is 0.0364. The van der Waals surface area contributed by atoms with E-state index in [2.05, 4.69) is 0 Å². The fourth-order valence-electron chi connectivity index (χ4n) is 2.85. The topological polar surface area (TPSA) is 20.2 Å². The molecule has 0 aliphatic heterocycles. The van der Waals surface area contributed by atoms with Crippen LogP contribution in [0, 0.1) is 11.8 Å². The number of hydrogen-bond donors (Lipinski definition) is 1. The predicted octanol–water partition coefficient (Wildman–Crippen LogP) is 2.34. The van der Waals surface area contributed by atoms with Gasteiger partial charge in [0.1, 0.15) is 0 Å². The molecule has 64 valence electrons. The molecule has 2 saturated carbocycles. The molecule has 0 aromatic heterocycles. The molecule has 3 atom stereocenters. The highest BCUT2D eigenvalue weighted by Crippen LogP contribution is 2.40. The van der Waals surface area contributed by atoms with Crippen molar-refractivity contribution in [1.82, 2.24) is 0 Å². The zero-order chi connectivity index (χ0) is 7.68. The van der Waals surface area contributed by atoms with Gasteiger partial charge in [-0.3, -0.25) is 0 Å². The first kappa shape index (κ1) is 7.60. The summed E-state index contributed by atoms with van der Waals surface area (Å²) in [6.07, 6.45) is 9.19. The van der Waals surface area contributed by atoms with Crippen molar-refractivity contribution in [3.8, 4) is 0 Å². The van der Waals surface area contributed by atoms with E-state index in [-0.39, 0.29) is 6.10 Å². The van der Waals surface area contributed by atoms with Crippen LogP contribution in [0.5, 0.6) is 0 Å². The normalized spacial score (nSPS) is 45.0. The number of aliphatic hydroxyl groups is 1. The average Bonchev–Trinajstić information content (AvgIpc) is 2.04. The van der Waals surface area contributed by atoms with Gasteiger partial charge in [0.25, 0.3) is 0 Å². The second-order valence-electron chi connectivity index (χ2n) is 4.27. The first-order chi connectivity index (χ1) is 5.36. The minimum absolute atomic E-state index is 0.0364. The Morgan fingerprint density at radius 3 is 2.36 bits per heavy atom. The van der Waals surface area contributed by atoms with E-state index >= 15 is 0 Å². The van der Waals surface area contributed by atoms with E-state index in [1.54, 1.807) is 0 Å². The van der Waals surface area contributed by atoms with Gasteiger partial charge < -0.3 is 5.11 Å². The van der Waals surface area contributed by atoms with Crippen LogP contribution in [0.1, 0.15) is 44.9 Å². The van der Waals surface area contributed by atoms with Crippen molar-refractivity contribution in [2.45, 2.75) is 51.0 Å². The van der Waals surface area contributed by atoms with Gasteiger partial charge in [-0.1, -0.05) is 25.7 Å². The number of hydrogen-bond acceptors (Lipinski definition) is 1. The largest absolute Gasteiger partial charge is 0.393 e. The molecule has 0 aromatic carbocycles. The van der Waals surface area contributed by atoms with Crippen molar-refractivity contribution in [1.29, 1.82) is 0 Å². The van der Waals surface area contributed by atoms with Gasteiger partial charge in [-0.15, -0.1) is 0 Å². The summed E-state index contributed by atoms with van der Waals surface area (Å²) in [5.41, 5.74) is 0. The number of rotatable bonds is 0. The monoisotopic (exact) mass is 154 g/mol. The molecule has 2 aliphatic carbocycles. The van der Waals surface area contributed by atoms with Crippen LogP contribution in [0.25, 0.3) is 0 Å². The van der Waals surface area contributed by atoms with E-state index in [0.717, 1.165) is 24.7 Å². The zero-order valence-corrected chi connectivity index (χ0v) is 7.13. The lowest BCUT2D eigenvalue weighted by molar-refractivity contribution is 0.0491. The summed E-state index contributed by atoms with van der Waals surface area (Å²) in [5.74, 6) is 1.86. The van der Waals surface area contributed by atoms with Crippen LogP contribution in [0.15, 0.2) is 0 Å². The van der Waals surface area contributed by atoms with Gasteiger partial charge in [0.15, 0.2) is 0 Å². The Balaban J connectivity index is 1.93. The van der Waals surface area contributed by atoms with E-state index in [9.17, 15) is 5.11 Å². The maximum atomic E-state index is 9.45. The molecule has 2 aliphatic rings. The molecule has 2 fully saturated rings. The molecule has 0 aromatic rings. The highest BCUT2D eigenvalue weighted by molar-refractivity contribution is 4.82. The van der Waals surface area contributed by atoms with Crippen LogP contribution in [0.4, 0.5) is 0 Å². The van der Waals surface area contributed by atoms with Crippen LogP contribution in [-0.4, -0.2) is 11.2 Å². The molecule has 11 heavy (non-hydrogen) atoms. The Morgan fingerprint density at radius 2 is 1.55 bits per heavy atom. The molecule has 1 nitrogen and oxygen atoms in total. The highest BCUT2D eigenvalue weighted by atomic mass is 16.3. The Labute approximate surface area is 68.8 Å². The van der Waals surface area contributed by atoms with Crippen molar-refractivity contribution < 1.29 is 5.11 Å². The van der Waals surface area contributed by atoms with Crippen LogP contribution in [-0.2, 0) is 0 Å². The second kappa shape index (κ2) is 3.14. The maximum Gasteiger partial charge on any atom is 0.0543 e. The first-order valence-electron chi connectivity index (χ1n) is 5.04. The van der Waals surface area contributed by atoms with E-state index < -0.39 is 0 Å². The van der Waals surface area contributed by atoms with Crippen LogP contribution in [0.2, 0.25) is 0 Å². The third kappa shape index (κ3) is 1.58. The van der Waals surface area contributed by atoms with E-state index in [0.29, 0.717) is 0 Å². The summed E-state index contributed by atoms with van der Waals surface area (Å²) in [7, 11) is 0. The SMILES string of the molecule is OC1CC[C@H]2CCCC[C@@H]2C1. The lowest BCUT2D eigenvalue weighted by atomic mass is 9.70. The zero-order valence-electron chi connectivity index (χ0n) is 7.13. The number of fused-ring (bicyclic) bond motifs is 1. The van der Waals surface area contributed by atoms with Crippen molar-refractivity contribution in [3.63, 3.8) is 0 Å². The number of aliphatic hydroxyl groups excluding tert-OH is 1. The lowest BCUT2D eigenvalue weighted by Gasteiger charge is -2.37. The maximum absolute atomic E-state index is 9.45. The molecule has 0 spiro atoms. The summed E-state index contributed by atoms with van der Waals surface area (Å²) in [5, 5.41) is 9.45. The summed E-state index contributed by atoms with van der Waals surface area (Å²) in [6, 6.07) is 0. The third-order valence-electron chi connectivity index (χ3n) is 3.51. The van der Waals surface area contributed by atoms with Crippen LogP contribution < -0.4 is 0 Å². The van der Waals surface area contributed by atoms with Gasteiger partial charge in [-0.25, -0.2) is 0 Å². The second-order valence-corrected chi connectivity index (χ2v) is 4.27.